The number of alkyl halides is 2. The Morgan fingerprint density at radius 2 is 2.30 bits per heavy atom. The predicted molar refractivity (Wildman–Crippen MR) is 69.4 cm³/mol. The summed E-state index contributed by atoms with van der Waals surface area (Å²) in [4.78, 5) is 3.91. The molecule has 0 saturated carbocycles. The molecule has 10 heteroatoms. The van der Waals surface area contributed by atoms with Gasteiger partial charge in [-0.1, -0.05) is 18.7 Å². The second-order valence-electron chi connectivity index (χ2n) is 3.86. The molecule has 1 N–H and O–H groups in total. The predicted octanol–water partition coefficient (Wildman–Crippen LogP) is 1.17. The lowest BCUT2D eigenvalue weighted by atomic mass is 10.6. The number of hydrogen-bond donors (Lipinski definition) is 1. The highest BCUT2D eigenvalue weighted by molar-refractivity contribution is 7.98. The molecule has 0 amide bonds. The summed E-state index contributed by atoms with van der Waals surface area (Å²) in [5.41, 5.74) is 0. The van der Waals surface area contributed by atoms with Crippen molar-refractivity contribution in [1.82, 2.24) is 35.1 Å². The molecule has 0 aliphatic carbocycles. The molecule has 0 aromatic carbocycles. The molecule has 0 fully saturated rings. The van der Waals surface area contributed by atoms with E-state index in [1.165, 1.54) is 24.2 Å². The summed E-state index contributed by atoms with van der Waals surface area (Å²) in [6.45, 7) is 1.68. The van der Waals surface area contributed by atoms with Crippen LogP contribution in [0.15, 0.2) is 17.6 Å². The molecule has 7 nitrogen and oxygen atoms in total. The molecule has 110 valence electrons. The number of halogens is 2. The van der Waals surface area contributed by atoms with Gasteiger partial charge in [-0.3, -0.25) is 4.57 Å². The zero-order valence-corrected chi connectivity index (χ0v) is 11.7. The lowest BCUT2D eigenvalue weighted by Gasteiger charge is -2.06. The molecule has 20 heavy (non-hydrogen) atoms. The third-order valence-electron chi connectivity index (χ3n) is 2.54. The highest BCUT2D eigenvalue weighted by Crippen LogP contribution is 2.21. The van der Waals surface area contributed by atoms with E-state index in [0.29, 0.717) is 23.3 Å². The van der Waals surface area contributed by atoms with Gasteiger partial charge in [0.1, 0.15) is 5.82 Å². The average Bonchev–Trinajstić information content (AvgIpc) is 3.05. The fourth-order valence-electron chi connectivity index (χ4n) is 1.56. The molecule has 0 saturated heterocycles. The van der Waals surface area contributed by atoms with Crippen LogP contribution in [0.1, 0.15) is 19.3 Å². The molecule has 0 aliphatic rings. The molecule has 0 aliphatic heterocycles. The van der Waals surface area contributed by atoms with Gasteiger partial charge >= 0.3 is 6.55 Å². The van der Waals surface area contributed by atoms with Crippen LogP contribution in [0.2, 0.25) is 0 Å². The Morgan fingerprint density at radius 1 is 1.45 bits per heavy atom. The van der Waals surface area contributed by atoms with Gasteiger partial charge < -0.3 is 5.32 Å². The summed E-state index contributed by atoms with van der Waals surface area (Å²) < 4.78 is 27.8. The fourth-order valence-corrected chi connectivity index (χ4v) is 2.42. The normalized spacial score (nSPS) is 11.4. The Morgan fingerprint density at radius 3 is 3.05 bits per heavy atom. The first-order valence-corrected chi connectivity index (χ1v) is 7.10. The number of rotatable bonds is 8. The summed E-state index contributed by atoms with van der Waals surface area (Å²) in [7, 11) is 0. The van der Waals surface area contributed by atoms with Crippen molar-refractivity contribution in [2.24, 2.45) is 0 Å². The topological polar surface area (TPSA) is 73.5 Å². The van der Waals surface area contributed by atoms with Crippen molar-refractivity contribution in [3.63, 3.8) is 0 Å². The summed E-state index contributed by atoms with van der Waals surface area (Å²) >= 11 is 1.28. The van der Waals surface area contributed by atoms with Gasteiger partial charge in [-0.15, -0.1) is 5.10 Å². The second kappa shape index (κ2) is 7.29. The van der Waals surface area contributed by atoms with Crippen molar-refractivity contribution in [2.75, 3.05) is 13.1 Å². The van der Waals surface area contributed by atoms with Gasteiger partial charge in [0.2, 0.25) is 5.16 Å². The third kappa shape index (κ3) is 3.73. The Kier molecular flexibility index (Phi) is 5.41. The summed E-state index contributed by atoms with van der Waals surface area (Å²) in [6, 6.07) is 0. The van der Waals surface area contributed by atoms with E-state index in [-0.39, 0.29) is 0 Å². The van der Waals surface area contributed by atoms with Gasteiger partial charge in [-0.2, -0.15) is 8.78 Å². The Labute approximate surface area is 118 Å². The van der Waals surface area contributed by atoms with Crippen LogP contribution >= 0.6 is 11.8 Å². The smallest absolute Gasteiger partial charge is 0.315 e. The number of nitrogens with zero attached hydrogens (tertiary/aromatic N) is 6. The number of hydrogen-bond acceptors (Lipinski definition) is 6. The van der Waals surface area contributed by atoms with Gasteiger partial charge in [0.15, 0.2) is 0 Å². The lowest BCUT2D eigenvalue weighted by molar-refractivity contribution is 0.0678. The third-order valence-corrected chi connectivity index (χ3v) is 3.49. The quantitative estimate of drug-likeness (QED) is 0.583. The molecule has 2 rings (SSSR count). The van der Waals surface area contributed by atoms with Crippen LogP contribution in [0.5, 0.6) is 0 Å². The van der Waals surface area contributed by atoms with E-state index < -0.39 is 6.55 Å². The highest BCUT2D eigenvalue weighted by atomic mass is 32.2. The maximum atomic E-state index is 12.7. The summed E-state index contributed by atoms with van der Waals surface area (Å²) in [5.74, 6) is 0.588. The molecule has 2 aromatic heterocycles. The zero-order chi connectivity index (χ0) is 14.4. The molecule has 0 unspecified atom stereocenters. The van der Waals surface area contributed by atoms with Gasteiger partial charge in [-0.05, 0) is 17.0 Å². The number of likely N-dealkylation sites (N-methyl/N-ethyl adjacent to an activating group) is 1. The SMILES string of the molecule is CCNCCn1nnnc1SCc1nccn1C(F)F. The molecule has 0 bridgehead atoms. The van der Waals surface area contributed by atoms with E-state index in [4.69, 9.17) is 0 Å². The van der Waals surface area contributed by atoms with Crippen LogP contribution in [-0.4, -0.2) is 42.8 Å². The van der Waals surface area contributed by atoms with Crippen LogP contribution in [0.3, 0.4) is 0 Å². The minimum atomic E-state index is -2.59. The van der Waals surface area contributed by atoms with E-state index in [9.17, 15) is 8.78 Å². The van der Waals surface area contributed by atoms with Crippen LogP contribution in [0, 0.1) is 0 Å². The maximum absolute atomic E-state index is 12.7. The summed E-state index contributed by atoms with van der Waals surface area (Å²) in [5, 5.41) is 15.1. The zero-order valence-electron chi connectivity index (χ0n) is 10.9. The second-order valence-corrected chi connectivity index (χ2v) is 4.80. The minimum absolute atomic E-state index is 0.291. The first-order chi connectivity index (χ1) is 9.72. The van der Waals surface area contributed by atoms with E-state index in [1.807, 2.05) is 6.92 Å². The van der Waals surface area contributed by atoms with Crippen LogP contribution < -0.4 is 5.32 Å². The van der Waals surface area contributed by atoms with Gasteiger partial charge in [0.05, 0.1) is 12.3 Å². The number of thioether (sulfide) groups is 1. The average molecular weight is 303 g/mol. The monoisotopic (exact) mass is 303 g/mol. The lowest BCUT2D eigenvalue weighted by Crippen LogP contribution is -2.20. The maximum Gasteiger partial charge on any atom is 0.319 e. The van der Waals surface area contributed by atoms with E-state index >= 15 is 0 Å². The molecule has 0 radical (unpaired) electrons. The van der Waals surface area contributed by atoms with Crippen molar-refractivity contribution in [3.8, 4) is 0 Å². The van der Waals surface area contributed by atoms with E-state index in [2.05, 4.69) is 25.8 Å². The first-order valence-electron chi connectivity index (χ1n) is 6.12. The van der Waals surface area contributed by atoms with Crippen molar-refractivity contribution in [3.05, 3.63) is 18.2 Å². The van der Waals surface area contributed by atoms with Crippen LogP contribution in [0.25, 0.3) is 0 Å². The number of imidazole rings is 1. The molecule has 0 atom stereocenters. The molecular weight excluding hydrogens is 288 g/mol. The van der Waals surface area contributed by atoms with E-state index in [1.54, 1.807) is 4.68 Å². The molecule has 0 spiro atoms. The van der Waals surface area contributed by atoms with Crippen molar-refractivity contribution >= 4 is 11.8 Å². The minimum Gasteiger partial charge on any atom is -0.315 e. The standard InChI is InChI=1S/C10H15F2N7S/c1-2-13-3-6-19-10(15-16-17-19)20-7-8-14-4-5-18(8)9(11)12/h4-5,9,13H,2-3,6-7H2,1H3. The van der Waals surface area contributed by atoms with Crippen LogP contribution in [-0.2, 0) is 12.3 Å². The van der Waals surface area contributed by atoms with Gasteiger partial charge in [0.25, 0.3) is 0 Å². The van der Waals surface area contributed by atoms with Crippen molar-refractivity contribution < 1.29 is 8.78 Å². The Bertz CT molecular complexity index is 527. The van der Waals surface area contributed by atoms with Crippen molar-refractivity contribution in [2.45, 2.75) is 30.9 Å². The molecule has 2 aromatic rings. The summed E-state index contributed by atoms with van der Waals surface area (Å²) in [6.07, 6.45) is 2.62. The van der Waals surface area contributed by atoms with Crippen LogP contribution in [0.4, 0.5) is 8.78 Å². The Balaban J connectivity index is 1.93. The first kappa shape index (κ1) is 14.9. The van der Waals surface area contributed by atoms with Crippen molar-refractivity contribution in [1.29, 1.82) is 0 Å². The highest BCUT2D eigenvalue weighted by Gasteiger charge is 2.13. The fraction of sp³-hybridized carbons (Fsp3) is 0.600. The Hall–Kier alpha value is -1.55. The molecule has 2 heterocycles. The molecular formula is C10H15F2N7S. The van der Waals surface area contributed by atoms with E-state index in [0.717, 1.165) is 17.7 Å². The number of nitrogens with one attached hydrogen (secondary N) is 1. The van der Waals surface area contributed by atoms with Gasteiger partial charge in [0, 0.05) is 18.9 Å². The number of tetrazole rings is 1. The largest absolute Gasteiger partial charge is 0.319 e. The van der Waals surface area contributed by atoms with Gasteiger partial charge in [-0.25, -0.2) is 9.67 Å². The number of aromatic nitrogens is 6.